The number of imidazole rings is 1. The van der Waals surface area contributed by atoms with Crippen molar-refractivity contribution in [1.82, 2.24) is 29.2 Å². The van der Waals surface area contributed by atoms with Crippen molar-refractivity contribution in [3.63, 3.8) is 0 Å². The number of amides is 2. The minimum atomic E-state index is -0.319. The molecule has 1 fully saturated rings. The number of urea groups is 1. The van der Waals surface area contributed by atoms with E-state index in [2.05, 4.69) is 20.5 Å². The van der Waals surface area contributed by atoms with E-state index in [4.69, 9.17) is 0 Å². The van der Waals surface area contributed by atoms with E-state index in [0.717, 1.165) is 18.5 Å². The van der Waals surface area contributed by atoms with Gasteiger partial charge in [0.1, 0.15) is 5.82 Å². The van der Waals surface area contributed by atoms with Crippen molar-refractivity contribution in [2.75, 3.05) is 18.4 Å². The van der Waals surface area contributed by atoms with Crippen LogP contribution < -0.4 is 10.9 Å². The van der Waals surface area contributed by atoms with Gasteiger partial charge in [-0.1, -0.05) is 18.2 Å². The Balaban J connectivity index is 1.41. The molecule has 1 spiro atoms. The number of hydrogen-bond donors (Lipinski definition) is 1. The first-order valence-electron chi connectivity index (χ1n) is 9.64. The third-order valence-electron chi connectivity index (χ3n) is 5.94. The van der Waals surface area contributed by atoms with Gasteiger partial charge in [0.15, 0.2) is 11.5 Å². The molecule has 1 N–H and O–H groups in total. The molecule has 2 aliphatic heterocycles. The van der Waals surface area contributed by atoms with E-state index in [1.54, 1.807) is 26.4 Å². The topological polar surface area (TPSA) is 97.9 Å². The highest BCUT2D eigenvalue weighted by atomic mass is 16.2. The molecule has 5 rings (SSSR count). The Morgan fingerprint density at radius 1 is 1.14 bits per heavy atom. The van der Waals surface area contributed by atoms with Crippen molar-refractivity contribution in [2.45, 2.75) is 24.8 Å². The smallest absolute Gasteiger partial charge is 0.321 e. The van der Waals surface area contributed by atoms with Crippen molar-refractivity contribution in [1.29, 1.82) is 0 Å². The molecule has 1 atom stereocenters. The van der Waals surface area contributed by atoms with Crippen LogP contribution in [0.15, 0.2) is 47.5 Å². The van der Waals surface area contributed by atoms with Crippen molar-refractivity contribution in [3.05, 3.63) is 58.9 Å². The largest absolute Gasteiger partial charge is 0.333 e. The van der Waals surface area contributed by atoms with Crippen LogP contribution in [0.3, 0.4) is 0 Å². The molecule has 2 amide bonds. The van der Waals surface area contributed by atoms with E-state index < -0.39 is 0 Å². The predicted molar refractivity (Wildman–Crippen MR) is 106 cm³/mol. The molecule has 0 radical (unpaired) electrons. The van der Waals surface area contributed by atoms with Crippen LogP contribution in [0.5, 0.6) is 0 Å². The minimum Gasteiger partial charge on any atom is -0.333 e. The van der Waals surface area contributed by atoms with Gasteiger partial charge in [0.05, 0.1) is 5.41 Å². The van der Waals surface area contributed by atoms with Gasteiger partial charge in [0.2, 0.25) is 0 Å². The lowest BCUT2D eigenvalue weighted by Gasteiger charge is -2.23. The third kappa shape index (κ3) is 2.81. The molecule has 0 saturated carbocycles. The standard InChI is InChI=1S/C20H21N7O2/c1-25-12-9-21-16(25)15-17(28)27-11-8-20(18(27)24-23-15)7-10-26(13-20)19(29)22-14-5-3-2-4-6-14/h2-6,9,12H,7-8,10-11,13H2,1H3,(H,22,29)/t20-/m0/s1. The van der Waals surface area contributed by atoms with Crippen molar-refractivity contribution >= 4 is 11.7 Å². The molecule has 9 nitrogen and oxygen atoms in total. The van der Waals surface area contributed by atoms with Crippen molar-refractivity contribution in [3.8, 4) is 11.5 Å². The average molecular weight is 391 g/mol. The fraction of sp³-hybridized carbons (Fsp3) is 0.350. The molecule has 1 aromatic carbocycles. The molecule has 0 bridgehead atoms. The van der Waals surface area contributed by atoms with E-state index >= 15 is 0 Å². The van der Waals surface area contributed by atoms with Crippen LogP contribution in [-0.2, 0) is 19.0 Å². The highest BCUT2D eigenvalue weighted by molar-refractivity contribution is 5.89. The Labute approximate surface area is 167 Å². The Morgan fingerprint density at radius 3 is 2.69 bits per heavy atom. The number of benzene rings is 1. The molecule has 148 valence electrons. The summed E-state index contributed by atoms with van der Waals surface area (Å²) in [5, 5.41) is 11.6. The summed E-state index contributed by atoms with van der Waals surface area (Å²) >= 11 is 0. The molecule has 2 aromatic heterocycles. The van der Waals surface area contributed by atoms with Gasteiger partial charge >= 0.3 is 6.03 Å². The maximum atomic E-state index is 13.0. The second kappa shape index (κ2) is 6.54. The number of aryl methyl sites for hydroxylation is 1. The van der Waals surface area contributed by atoms with E-state index in [-0.39, 0.29) is 22.7 Å². The summed E-state index contributed by atoms with van der Waals surface area (Å²) in [6.45, 7) is 1.73. The van der Waals surface area contributed by atoms with Gasteiger partial charge in [-0.05, 0) is 25.0 Å². The maximum absolute atomic E-state index is 13.0. The number of nitrogens with one attached hydrogen (secondary N) is 1. The lowest BCUT2D eigenvalue weighted by Crippen LogP contribution is -2.37. The number of fused-ring (bicyclic) bond motifs is 2. The Kier molecular flexibility index (Phi) is 3.97. The van der Waals surface area contributed by atoms with Gasteiger partial charge < -0.3 is 14.8 Å². The van der Waals surface area contributed by atoms with E-state index in [0.29, 0.717) is 31.3 Å². The Morgan fingerprint density at radius 2 is 1.93 bits per heavy atom. The number of aromatic nitrogens is 5. The van der Waals surface area contributed by atoms with Gasteiger partial charge in [0, 0.05) is 44.8 Å². The number of likely N-dealkylation sites (tertiary alicyclic amines) is 1. The highest BCUT2D eigenvalue weighted by Gasteiger charge is 2.48. The van der Waals surface area contributed by atoms with E-state index in [9.17, 15) is 9.59 Å². The molecule has 4 heterocycles. The SMILES string of the molecule is Cn1ccnc1-c1nnc2n(c1=O)CC[C@]21CCN(C(=O)Nc2ccccc2)C1. The Hall–Kier alpha value is -3.49. The van der Waals surface area contributed by atoms with Crippen LogP contribution in [-0.4, -0.2) is 48.3 Å². The number of carbonyl (C=O) groups is 1. The lowest BCUT2D eigenvalue weighted by molar-refractivity contribution is 0.219. The molecule has 0 aliphatic carbocycles. The molecular weight excluding hydrogens is 370 g/mol. The second-order valence-corrected chi connectivity index (χ2v) is 7.69. The summed E-state index contributed by atoms with van der Waals surface area (Å²) in [4.78, 5) is 31.7. The van der Waals surface area contributed by atoms with E-state index in [1.807, 2.05) is 37.4 Å². The lowest BCUT2D eigenvalue weighted by atomic mass is 9.85. The Bertz CT molecular complexity index is 1140. The maximum Gasteiger partial charge on any atom is 0.321 e. The monoisotopic (exact) mass is 391 g/mol. The van der Waals surface area contributed by atoms with Crippen LogP contribution in [0, 0.1) is 0 Å². The number of nitrogens with zero attached hydrogens (tertiary/aromatic N) is 6. The molecule has 3 aromatic rings. The predicted octanol–water partition coefficient (Wildman–Crippen LogP) is 1.62. The number of hydrogen-bond acceptors (Lipinski definition) is 5. The third-order valence-corrected chi connectivity index (χ3v) is 5.94. The zero-order valence-corrected chi connectivity index (χ0v) is 16.1. The molecule has 9 heteroatoms. The van der Waals surface area contributed by atoms with Gasteiger partial charge in [-0.3, -0.25) is 9.36 Å². The summed E-state index contributed by atoms with van der Waals surface area (Å²) in [6, 6.07) is 9.26. The number of anilines is 1. The molecular formula is C20H21N7O2. The molecule has 2 aliphatic rings. The first kappa shape index (κ1) is 17.6. The van der Waals surface area contributed by atoms with Crippen LogP contribution in [0.2, 0.25) is 0 Å². The van der Waals surface area contributed by atoms with Crippen LogP contribution >= 0.6 is 0 Å². The van der Waals surface area contributed by atoms with Crippen LogP contribution in [0.25, 0.3) is 11.5 Å². The molecule has 29 heavy (non-hydrogen) atoms. The zero-order valence-electron chi connectivity index (χ0n) is 16.1. The van der Waals surface area contributed by atoms with Gasteiger partial charge in [-0.15, -0.1) is 10.2 Å². The summed E-state index contributed by atoms with van der Waals surface area (Å²) in [6.07, 6.45) is 4.95. The second-order valence-electron chi connectivity index (χ2n) is 7.69. The zero-order chi connectivity index (χ0) is 20.0. The normalized spacial score (nSPS) is 20.2. The molecule has 0 unspecified atom stereocenters. The summed E-state index contributed by atoms with van der Waals surface area (Å²) < 4.78 is 3.46. The average Bonchev–Trinajstić information content (AvgIpc) is 3.44. The quantitative estimate of drug-likeness (QED) is 0.716. The summed E-state index contributed by atoms with van der Waals surface area (Å²) in [7, 11) is 1.82. The van der Waals surface area contributed by atoms with E-state index in [1.165, 1.54) is 0 Å². The van der Waals surface area contributed by atoms with Gasteiger partial charge in [-0.2, -0.15) is 0 Å². The van der Waals surface area contributed by atoms with Crippen LogP contribution in [0.4, 0.5) is 10.5 Å². The summed E-state index contributed by atoms with van der Waals surface area (Å²) in [5.41, 5.74) is 0.532. The summed E-state index contributed by atoms with van der Waals surface area (Å²) in [5.74, 6) is 1.18. The molecule has 1 saturated heterocycles. The number of para-hydroxylation sites is 1. The first-order valence-corrected chi connectivity index (χ1v) is 9.64. The van der Waals surface area contributed by atoms with Crippen molar-refractivity contribution < 1.29 is 4.79 Å². The minimum absolute atomic E-state index is 0.133. The number of carbonyl (C=O) groups excluding carboxylic acids is 1. The van der Waals surface area contributed by atoms with Gasteiger partial charge in [-0.25, -0.2) is 9.78 Å². The van der Waals surface area contributed by atoms with Crippen molar-refractivity contribution in [2.24, 2.45) is 7.05 Å². The number of rotatable bonds is 2. The van der Waals surface area contributed by atoms with Crippen LogP contribution in [0.1, 0.15) is 18.7 Å². The highest BCUT2D eigenvalue weighted by Crippen LogP contribution is 2.40. The van der Waals surface area contributed by atoms with Gasteiger partial charge in [0.25, 0.3) is 5.56 Å². The fourth-order valence-corrected chi connectivity index (χ4v) is 4.35. The first-order chi connectivity index (χ1) is 14.1. The fourth-order valence-electron chi connectivity index (χ4n) is 4.35.